The van der Waals surface area contributed by atoms with E-state index in [1.165, 1.54) is 0 Å². The second-order valence-corrected chi connectivity index (χ2v) is 5.22. The van der Waals surface area contributed by atoms with E-state index in [1.54, 1.807) is 17.4 Å². The molecule has 1 aromatic heterocycles. The number of thiophene rings is 1. The topological polar surface area (TPSA) is 55.8 Å². The number of rotatable bonds is 6. The molecule has 0 radical (unpaired) electrons. The van der Waals surface area contributed by atoms with Crippen LogP contribution in [0.1, 0.15) is 16.9 Å². The van der Waals surface area contributed by atoms with E-state index in [1.807, 2.05) is 11.4 Å². The molecular formula is C13H16O4S. The minimum atomic E-state index is -0.934. The monoisotopic (exact) mass is 268 g/mol. The lowest BCUT2D eigenvalue weighted by atomic mass is 10.1. The highest BCUT2D eigenvalue weighted by Gasteiger charge is 2.15. The molecule has 1 aliphatic rings. The van der Waals surface area contributed by atoms with Gasteiger partial charge in [-0.05, 0) is 29.5 Å². The summed E-state index contributed by atoms with van der Waals surface area (Å²) in [5, 5.41) is 10.5. The van der Waals surface area contributed by atoms with Crippen LogP contribution in [0.4, 0.5) is 0 Å². The van der Waals surface area contributed by atoms with Crippen LogP contribution in [-0.2, 0) is 20.9 Å². The number of carbonyl (C=O) groups is 1. The third-order valence-electron chi connectivity index (χ3n) is 2.80. The summed E-state index contributed by atoms with van der Waals surface area (Å²) in [5.74, 6) is -0.431. The maximum absolute atomic E-state index is 10.5. The third-order valence-corrected chi connectivity index (χ3v) is 3.71. The zero-order valence-corrected chi connectivity index (χ0v) is 10.8. The zero-order chi connectivity index (χ0) is 12.8. The predicted octanol–water partition coefficient (Wildman–Crippen LogP) is 2.40. The van der Waals surface area contributed by atoms with Gasteiger partial charge in [0.1, 0.15) is 0 Å². The van der Waals surface area contributed by atoms with Gasteiger partial charge in [-0.2, -0.15) is 0 Å². The van der Waals surface area contributed by atoms with Crippen molar-refractivity contribution in [2.75, 3.05) is 19.8 Å². The molecule has 2 heterocycles. The van der Waals surface area contributed by atoms with Crippen LogP contribution in [-0.4, -0.2) is 30.9 Å². The van der Waals surface area contributed by atoms with Crippen molar-refractivity contribution < 1.29 is 19.4 Å². The van der Waals surface area contributed by atoms with E-state index < -0.39 is 5.97 Å². The first-order chi connectivity index (χ1) is 8.75. The van der Waals surface area contributed by atoms with Crippen LogP contribution in [0.2, 0.25) is 0 Å². The van der Waals surface area contributed by atoms with Gasteiger partial charge in [0, 0.05) is 23.5 Å². The van der Waals surface area contributed by atoms with Crippen LogP contribution in [0, 0.1) is 5.92 Å². The summed E-state index contributed by atoms with van der Waals surface area (Å²) in [6.07, 6.45) is 3.82. The number of ether oxygens (including phenoxy) is 2. The molecule has 1 aromatic rings. The Morgan fingerprint density at radius 2 is 2.56 bits per heavy atom. The number of carboxylic acids is 1. The van der Waals surface area contributed by atoms with Crippen LogP contribution in [0.5, 0.6) is 0 Å². The van der Waals surface area contributed by atoms with Gasteiger partial charge >= 0.3 is 5.97 Å². The summed E-state index contributed by atoms with van der Waals surface area (Å²) < 4.78 is 10.9. The lowest BCUT2D eigenvalue weighted by Crippen LogP contribution is -2.08. The highest BCUT2D eigenvalue weighted by molar-refractivity contribution is 7.10. The van der Waals surface area contributed by atoms with Crippen molar-refractivity contribution in [3.63, 3.8) is 0 Å². The average molecular weight is 268 g/mol. The second-order valence-electron chi connectivity index (χ2n) is 4.22. The molecule has 0 aromatic carbocycles. The van der Waals surface area contributed by atoms with E-state index >= 15 is 0 Å². The molecule has 1 fully saturated rings. The van der Waals surface area contributed by atoms with Crippen molar-refractivity contribution in [2.24, 2.45) is 5.92 Å². The molecule has 0 amide bonds. The van der Waals surface area contributed by atoms with Gasteiger partial charge in [0.05, 0.1) is 19.8 Å². The summed E-state index contributed by atoms with van der Waals surface area (Å²) in [4.78, 5) is 11.5. The highest BCUT2D eigenvalue weighted by atomic mass is 32.1. The van der Waals surface area contributed by atoms with Crippen molar-refractivity contribution in [2.45, 2.75) is 13.0 Å². The van der Waals surface area contributed by atoms with Crippen LogP contribution >= 0.6 is 11.3 Å². The van der Waals surface area contributed by atoms with Crippen LogP contribution < -0.4 is 0 Å². The zero-order valence-electron chi connectivity index (χ0n) is 10.0. The van der Waals surface area contributed by atoms with Crippen LogP contribution in [0.25, 0.3) is 6.08 Å². The lowest BCUT2D eigenvalue weighted by molar-refractivity contribution is -0.131. The summed E-state index contributed by atoms with van der Waals surface area (Å²) in [6, 6.07) is 1.90. The van der Waals surface area contributed by atoms with Crippen molar-refractivity contribution in [1.82, 2.24) is 0 Å². The maximum Gasteiger partial charge on any atom is 0.328 e. The number of hydrogen-bond acceptors (Lipinski definition) is 4. The fourth-order valence-corrected chi connectivity index (χ4v) is 2.61. The Kier molecular flexibility index (Phi) is 4.92. The van der Waals surface area contributed by atoms with Crippen molar-refractivity contribution in [1.29, 1.82) is 0 Å². The van der Waals surface area contributed by atoms with Crippen LogP contribution in [0.15, 0.2) is 17.5 Å². The third kappa shape index (κ3) is 3.94. The van der Waals surface area contributed by atoms with E-state index in [0.717, 1.165) is 36.2 Å². The van der Waals surface area contributed by atoms with Gasteiger partial charge in [0.2, 0.25) is 0 Å². The molecule has 2 rings (SSSR count). The molecule has 1 N–H and O–H groups in total. The first-order valence-corrected chi connectivity index (χ1v) is 6.76. The smallest absolute Gasteiger partial charge is 0.328 e. The molecule has 4 nitrogen and oxygen atoms in total. The highest BCUT2D eigenvalue weighted by Crippen LogP contribution is 2.20. The van der Waals surface area contributed by atoms with Gasteiger partial charge < -0.3 is 14.6 Å². The number of carboxylic acid groups (broad SMARTS) is 1. The van der Waals surface area contributed by atoms with E-state index in [9.17, 15) is 4.79 Å². The van der Waals surface area contributed by atoms with Gasteiger partial charge in [-0.25, -0.2) is 4.79 Å². The van der Waals surface area contributed by atoms with E-state index in [2.05, 4.69) is 0 Å². The summed E-state index contributed by atoms with van der Waals surface area (Å²) in [5.41, 5.74) is 0.921. The maximum atomic E-state index is 10.5. The first-order valence-electron chi connectivity index (χ1n) is 5.88. The molecule has 1 aliphatic heterocycles. The molecule has 5 heteroatoms. The van der Waals surface area contributed by atoms with Gasteiger partial charge in [-0.15, -0.1) is 11.3 Å². The summed E-state index contributed by atoms with van der Waals surface area (Å²) in [6.45, 7) is 2.86. The fourth-order valence-electron chi connectivity index (χ4n) is 1.81. The largest absolute Gasteiger partial charge is 0.478 e. The molecule has 18 heavy (non-hydrogen) atoms. The number of hydrogen-bond donors (Lipinski definition) is 1. The molecular weight excluding hydrogens is 252 g/mol. The molecule has 1 saturated heterocycles. The first kappa shape index (κ1) is 13.3. The molecule has 0 bridgehead atoms. The molecule has 98 valence electrons. The van der Waals surface area contributed by atoms with E-state index in [0.29, 0.717) is 19.1 Å². The SMILES string of the molecule is O=C(O)C=Cc1ccsc1COCC1CCOC1. The van der Waals surface area contributed by atoms with Gasteiger partial charge in [0.15, 0.2) is 0 Å². The molecule has 1 atom stereocenters. The average Bonchev–Trinajstić information content (AvgIpc) is 2.97. The Morgan fingerprint density at radius 3 is 3.28 bits per heavy atom. The Morgan fingerprint density at radius 1 is 1.67 bits per heavy atom. The normalized spacial score (nSPS) is 19.7. The van der Waals surface area contributed by atoms with Gasteiger partial charge in [-0.1, -0.05) is 0 Å². The Hall–Kier alpha value is -1.17. The summed E-state index contributed by atoms with van der Waals surface area (Å²) >= 11 is 1.58. The minimum Gasteiger partial charge on any atom is -0.478 e. The Labute approximate surface area is 110 Å². The summed E-state index contributed by atoms with van der Waals surface area (Å²) in [7, 11) is 0. The van der Waals surface area contributed by atoms with E-state index in [4.69, 9.17) is 14.6 Å². The van der Waals surface area contributed by atoms with Crippen LogP contribution in [0.3, 0.4) is 0 Å². The predicted molar refractivity (Wildman–Crippen MR) is 69.6 cm³/mol. The Balaban J connectivity index is 1.81. The van der Waals surface area contributed by atoms with Crippen molar-refractivity contribution in [3.8, 4) is 0 Å². The molecule has 0 spiro atoms. The minimum absolute atomic E-state index is 0.503. The van der Waals surface area contributed by atoms with Crippen molar-refractivity contribution in [3.05, 3.63) is 28.0 Å². The second kappa shape index (κ2) is 6.68. The standard InChI is InChI=1S/C13H16O4S/c14-13(15)2-1-11-4-6-18-12(11)9-17-8-10-3-5-16-7-10/h1-2,4,6,10H,3,5,7-9H2,(H,14,15). The Bertz CT molecular complexity index is 418. The van der Waals surface area contributed by atoms with E-state index in [-0.39, 0.29) is 0 Å². The molecule has 0 aliphatic carbocycles. The molecule has 1 unspecified atom stereocenters. The molecule has 0 saturated carbocycles. The fraction of sp³-hybridized carbons (Fsp3) is 0.462. The van der Waals surface area contributed by atoms with Crippen molar-refractivity contribution >= 4 is 23.4 Å². The number of aliphatic carboxylic acids is 1. The quantitative estimate of drug-likeness (QED) is 0.805. The van der Waals surface area contributed by atoms with Gasteiger partial charge in [0.25, 0.3) is 0 Å². The van der Waals surface area contributed by atoms with Gasteiger partial charge in [-0.3, -0.25) is 0 Å². The lowest BCUT2D eigenvalue weighted by Gasteiger charge is -2.08.